The molecule has 1 aromatic heterocycles. The van der Waals surface area contributed by atoms with Crippen molar-refractivity contribution in [1.29, 1.82) is 0 Å². The summed E-state index contributed by atoms with van der Waals surface area (Å²) in [4.78, 5) is 15.4. The van der Waals surface area contributed by atoms with Gasteiger partial charge in [-0.2, -0.15) is 0 Å². The first-order valence-electron chi connectivity index (χ1n) is 8.77. The summed E-state index contributed by atoms with van der Waals surface area (Å²) in [6.07, 6.45) is 0.779. The van der Waals surface area contributed by atoms with Crippen molar-refractivity contribution in [2.75, 3.05) is 13.2 Å². The lowest BCUT2D eigenvalue weighted by Gasteiger charge is -2.28. The first kappa shape index (κ1) is 19.6. The second kappa shape index (κ2) is 10.3. The third-order valence-corrected chi connectivity index (χ3v) is 4.98. The van der Waals surface area contributed by atoms with Gasteiger partial charge in [0.05, 0.1) is 6.54 Å². The molecule has 0 fully saturated rings. The molecule has 136 valence electrons. The van der Waals surface area contributed by atoms with Gasteiger partial charge < -0.3 is 14.7 Å². The molecule has 0 aliphatic heterocycles. The number of hydrogen-bond donors (Lipinski definition) is 1. The van der Waals surface area contributed by atoms with E-state index in [1.165, 1.54) is 11.3 Å². The fourth-order valence-electron chi connectivity index (χ4n) is 2.55. The summed E-state index contributed by atoms with van der Waals surface area (Å²) in [7, 11) is 0. The van der Waals surface area contributed by atoms with Crippen molar-refractivity contribution in [2.24, 2.45) is 0 Å². The van der Waals surface area contributed by atoms with E-state index in [1.54, 1.807) is 11.8 Å². The van der Waals surface area contributed by atoms with Crippen LogP contribution in [0.5, 0.6) is 0 Å². The molecular weight excluding hydrogens is 334 g/mol. The zero-order valence-electron chi connectivity index (χ0n) is 14.9. The molecule has 5 heteroatoms. The summed E-state index contributed by atoms with van der Waals surface area (Å²) >= 11 is 1.50. The van der Waals surface area contributed by atoms with Gasteiger partial charge in [0.25, 0.3) is 5.91 Å². The van der Waals surface area contributed by atoms with E-state index in [4.69, 9.17) is 4.74 Å². The topological polar surface area (TPSA) is 49.8 Å². The number of thiophene rings is 1. The monoisotopic (exact) mass is 361 g/mol. The molecule has 1 heterocycles. The lowest BCUT2D eigenvalue weighted by Crippen LogP contribution is -2.41. The largest absolute Gasteiger partial charge is 0.386 e. The maximum absolute atomic E-state index is 12.8. The van der Waals surface area contributed by atoms with Crippen molar-refractivity contribution >= 4 is 17.2 Å². The predicted octanol–water partition coefficient (Wildman–Crippen LogP) is 4.02. The summed E-state index contributed by atoms with van der Waals surface area (Å²) in [6, 6.07) is 13.6. The Hall–Kier alpha value is -1.69. The fourth-order valence-corrected chi connectivity index (χ4v) is 3.25. The van der Waals surface area contributed by atoms with Gasteiger partial charge >= 0.3 is 0 Å². The molecule has 0 spiro atoms. The van der Waals surface area contributed by atoms with Gasteiger partial charge in [-0.3, -0.25) is 4.79 Å². The number of aliphatic hydroxyl groups excluding tert-OH is 1. The van der Waals surface area contributed by atoms with E-state index < -0.39 is 12.2 Å². The molecule has 2 aromatic rings. The number of aliphatic hydroxyl groups is 1. The van der Waals surface area contributed by atoms with E-state index >= 15 is 0 Å². The van der Waals surface area contributed by atoms with Crippen LogP contribution in [0.4, 0.5) is 0 Å². The maximum Gasteiger partial charge on any atom is 0.251 e. The molecule has 2 unspecified atom stereocenters. The molecular formula is C20H27NO3S. The van der Waals surface area contributed by atoms with E-state index in [2.05, 4.69) is 6.92 Å². The highest BCUT2D eigenvalue weighted by Gasteiger charge is 2.24. The molecule has 1 aromatic carbocycles. The summed E-state index contributed by atoms with van der Waals surface area (Å²) in [6.45, 7) is 5.18. The zero-order valence-corrected chi connectivity index (χ0v) is 15.7. The summed E-state index contributed by atoms with van der Waals surface area (Å²) in [5, 5.41) is 12.4. The Morgan fingerprint density at radius 3 is 2.64 bits per heavy atom. The highest BCUT2D eigenvalue weighted by Crippen LogP contribution is 2.21. The van der Waals surface area contributed by atoms with Gasteiger partial charge in [-0.15, -0.1) is 11.3 Å². The quantitative estimate of drug-likeness (QED) is 0.650. The van der Waals surface area contributed by atoms with Crippen molar-refractivity contribution in [2.45, 2.75) is 45.4 Å². The molecule has 0 bridgehead atoms. The SMILES string of the molecule is CCCCOC(C)C(=O)N(Cc1ccccc1)CC(O)c1cccs1. The molecule has 4 nitrogen and oxygen atoms in total. The van der Waals surface area contributed by atoms with Crippen molar-refractivity contribution in [3.8, 4) is 0 Å². The van der Waals surface area contributed by atoms with Crippen LogP contribution < -0.4 is 0 Å². The van der Waals surface area contributed by atoms with Gasteiger partial charge in [-0.05, 0) is 30.4 Å². The van der Waals surface area contributed by atoms with Crippen LogP contribution in [0, 0.1) is 0 Å². The normalized spacial score (nSPS) is 13.4. The van der Waals surface area contributed by atoms with E-state index in [0.717, 1.165) is 23.3 Å². The predicted molar refractivity (Wildman–Crippen MR) is 101 cm³/mol. The number of unbranched alkanes of at least 4 members (excludes halogenated alkanes) is 1. The van der Waals surface area contributed by atoms with Crippen LogP contribution in [0.25, 0.3) is 0 Å². The Morgan fingerprint density at radius 1 is 1.24 bits per heavy atom. The van der Waals surface area contributed by atoms with Gasteiger partial charge in [0.2, 0.25) is 0 Å². The molecule has 2 rings (SSSR count). The van der Waals surface area contributed by atoms with E-state index in [9.17, 15) is 9.90 Å². The number of ether oxygens (including phenoxy) is 1. The smallest absolute Gasteiger partial charge is 0.251 e. The zero-order chi connectivity index (χ0) is 18.1. The minimum Gasteiger partial charge on any atom is -0.386 e. The third kappa shape index (κ3) is 6.27. The minimum absolute atomic E-state index is 0.0874. The minimum atomic E-state index is -0.685. The van der Waals surface area contributed by atoms with Crippen molar-refractivity contribution < 1.29 is 14.6 Å². The van der Waals surface area contributed by atoms with E-state index in [0.29, 0.717) is 13.2 Å². The molecule has 0 saturated carbocycles. The number of benzene rings is 1. The lowest BCUT2D eigenvalue weighted by atomic mass is 10.1. The second-order valence-electron chi connectivity index (χ2n) is 6.10. The third-order valence-electron chi connectivity index (χ3n) is 4.01. The highest BCUT2D eigenvalue weighted by molar-refractivity contribution is 7.10. The molecule has 0 saturated heterocycles. The van der Waals surface area contributed by atoms with Crippen molar-refractivity contribution in [3.05, 3.63) is 58.3 Å². The first-order chi connectivity index (χ1) is 12.1. The van der Waals surface area contributed by atoms with E-state index in [1.807, 2.05) is 47.8 Å². The maximum atomic E-state index is 12.8. The second-order valence-corrected chi connectivity index (χ2v) is 7.08. The Morgan fingerprint density at radius 2 is 2.00 bits per heavy atom. The van der Waals surface area contributed by atoms with Crippen molar-refractivity contribution in [3.63, 3.8) is 0 Å². The van der Waals surface area contributed by atoms with Crippen LogP contribution in [0.1, 0.15) is 43.2 Å². The molecule has 0 radical (unpaired) electrons. The molecule has 25 heavy (non-hydrogen) atoms. The molecule has 2 atom stereocenters. The van der Waals surface area contributed by atoms with Crippen LogP contribution in [-0.4, -0.2) is 35.2 Å². The molecule has 0 aliphatic rings. The van der Waals surface area contributed by atoms with E-state index in [-0.39, 0.29) is 12.5 Å². The van der Waals surface area contributed by atoms with Gasteiger partial charge in [0, 0.05) is 18.0 Å². The Labute approximate surface area is 154 Å². The lowest BCUT2D eigenvalue weighted by molar-refractivity contribution is -0.144. The molecule has 1 amide bonds. The van der Waals surface area contributed by atoms with Crippen LogP contribution in [0.3, 0.4) is 0 Å². The molecule has 0 aliphatic carbocycles. The van der Waals surface area contributed by atoms with Crippen molar-refractivity contribution in [1.82, 2.24) is 4.90 Å². The summed E-state index contributed by atoms with van der Waals surface area (Å²) in [5.41, 5.74) is 1.04. The first-order valence-corrected chi connectivity index (χ1v) is 9.65. The average Bonchev–Trinajstić information content (AvgIpc) is 3.16. The van der Waals surface area contributed by atoms with Gasteiger partial charge in [-0.25, -0.2) is 0 Å². The molecule has 1 N–H and O–H groups in total. The summed E-state index contributed by atoms with van der Waals surface area (Å²) < 4.78 is 5.66. The number of carbonyl (C=O) groups excluding carboxylic acids is 1. The van der Waals surface area contributed by atoms with Crippen LogP contribution >= 0.6 is 11.3 Å². The number of rotatable bonds is 10. The van der Waals surface area contributed by atoms with Crippen LogP contribution in [-0.2, 0) is 16.1 Å². The number of nitrogens with zero attached hydrogens (tertiary/aromatic N) is 1. The van der Waals surface area contributed by atoms with Crippen LogP contribution in [0.15, 0.2) is 47.8 Å². The van der Waals surface area contributed by atoms with Gasteiger partial charge in [-0.1, -0.05) is 49.7 Å². The number of hydrogen-bond acceptors (Lipinski definition) is 4. The Bertz CT molecular complexity index is 615. The average molecular weight is 362 g/mol. The fraction of sp³-hybridized carbons (Fsp3) is 0.450. The summed E-state index contributed by atoms with van der Waals surface area (Å²) in [5.74, 6) is -0.0874. The highest BCUT2D eigenvalue weighted by atomic mass is 32.1. The number of carbonyl (C=O) groups is 1. The number of amides is 1. The van der Waals surface area contributed by atoms with Gasteiger partial charge in [0.1, 0.15) is 12.2 Å². The standard InChI is InChI=1S/C20H27NO3S/c1-3-4-12-24-16(2)20(23)21(14-17-9-6-5-7-10-17)15-18(22)19-11-8-13-25-19/h5-11,13,16,18,22H,3-4,12,14-15H2,1-2H3. The van der Waals surface area contributed by atoms with Crippen LogP contribution in [0.2, 0.25) is 0 Å². The Balaban J connectivity index is 2.06. The Kier molecular flexibility index (Phi) is 8.12. The van der Waals surface area contributed by atoms with Gasteiger partial charge in [0.15, 0.2) is 0 Å².